The zero-order chi connectivity index (χ0) is 5.54. The topological polar surface area (TPSA) is 0 Å². The van der Waals surface area contributed by atoms with Crippen molar-refractivity contribution < 1.29 is 0 Å². The van der Waals surface area contributed by atoms with E-state index in [1.807, 2.05) is 12.2 Å². The van der Waals surface area contributed by atoms with Gasteiger partial charge >= 0.3 is 56.8 Å². The molecule has 0 fully saturated rings. The van der Waals surface area contributed by atoms with Crippen molar-refractivity contribution in [2.45, 2.75) is 8.26 Å². The summed E-state index contributed by atoms with van der Waals surface area (Å²) in [5, 5.41) is 0. The summed E-state index contributed by atoms with van der Waals surface area (Å²) in [6.45, 7) is 7.29. The van der Waals surface area contributed by atoms with E-state index in [-0.39, 0.29) is 23.2 Å². The van der Waals surface area contributed by atoms with Gasteiger partial charge < -0.3 is 0 Å². The van der Waals surface area contributed by atoms with Crippen LogP contribution in [0.4, 0.5) is 0 Å². The van der Waals surface area contributed by atoms with Crippen molar-refractivity contribution in [2.24, 2.45) is 0 Å². The standard InChI is InChI=1S/2C3H5.Bi.H/c2*1-3-2;;/h2*3H,1-2H2;;. The first-order valence-corrected chi connectivity index (χ1v) is 7.84. The Balaban J connectivity index is 2.68. The quantitative estimate of drug-likeness (QED) is 0.420. The molecular weight excluding hydrogens is 281 g/mol. The molecule has 0 rings (SSSR count). The Morgan fingerprint density at radius 1 is 1.14 bits per heavy atom. The summed E-state index contributed by atoms with van der Waals surface area (Å²) >= 11 is -0.235. The molecule has 0 nitrogen and oxygen atoms in total. The fourth-order valence-electron chi connectivity index (χ4n) is 0.287. The molecule has 0 aromatic heterocycles. The molecule has 0 aliphatic heterocycles. The van der Waals surface area contributed by atoms with Gasteiger partial charge in [0.05, 0.1) is 0 Å². The first-order valence-electron chi connectivity index (χ1n) is 2.34. The zero-order valence-electron chi connectivity index (χ0n) is 4.48. The van der Waals surface area contributed by atoms with Gasteiger partial charge in [-0.25, -0.2) is 0 Å². The predicted molar refractivity (Wildman–Crippen MR) is 37.2 cm³/mol. The van der Waals surface area contributed by atoms with Gasteiger partial charge in [-0.2, -0.15) is 0 Å². The Morgan fingerprint density at radius 3 is 1.86 bits per heavy atom. The van der Waals surface area contributed by atoms with E-state index in [9.17, 15) is 0 Å². The first kappa shape index (κ1) is 7.36. The second-order valence-electron chi connectivity index (χ2n) is 1.24. The molecule has 0 aromatic rings. The summed E-state index contributed by atoms with van der Waals surface area (Å²) in [7, 11) is 0. The predicted octanol–water partition coefficient (Wildman–Crippen LogP) is 1.63. The first-order chi connectivity index (χ1) is 3.41. The van der Waals surface area contributed by atoms with Crippen molar-refractivity contribution in [3.8, 4) is 0 Å². The number of hydrogen-bond acceptors (Lipinski definition) is 0. The molecule has 0 bridgehead atoms. The van der Waals surface area contributed by atoms with Gasteiger partial charge in [0.1, 0.15) is 0 Å². The van der Waals surface area contributed by atoms with E-state index in [4.69, 9.17) is 0 Å². The molecule has 0 radical (unpaired) electrons. The Labute approximate surface area is 56.9 Å². The number of allylic oxidation sites excluding steroid dienone is 2. The van der Waals surface area contributed by atoms with Crippen LogP contribution in [0.1, 0.15) is 0 Å². The average Bonchev–Trinajstić information content (AvgIpc) is 1.69. The Morgan fingerprint density at radius 2 is 1.57 bits per heavy atom. The van der Waals surface area contributed by atoms with E-state index < -0.39 is 0 Å². The molecule has 0 saturated heterocycles. The summed E-state index contributed by atoms with van der Waals surface area (Å²) in [6, 6.07) is 0. The van der Waals surface area contributed by atoms with Crippen LogP contribution in [0.2, 0.25) is 8.26 Å². The SMILES string of the molecule is C=C[CH2][BiH][CH2]C=C. The van der Waals surface area contributed by atoms with Gasteiger partial charge in [0, 0.05) is 0 Å². The van der Waals surface area contributed by atoms with Gasteiger partial charge in [-0.15, -0.1) is 0 Å². The van der Waals surface area contributed by atoms with Crippen LogP contribution in [0.3, 0.4) is 0 Å². The van der Waals surface area contributed by atoms with Crippen molar-refractivity contribution >= 4 is 23.2 Å². The summed E-state index contributed by atoms with van der Waals surface area (Å²) in [4.78, 5) is 0. The fourth-order valence-corrected chi connectivity index (χ4v) is 2.52. The van der Waals surface area contributed by atoms with Crippen LogP contribution >= 0.6 is 0 Å². The molecule has 0 aliphatic rings. The van der Waals surface area contributed by atoms with Gasteiger partial charge in [-0.1, -0.05) is 0 Å². The van der Waals surface area contributed by atoms with E-state index in [2.05, 4.69) is 13.2 Å². The third kappa shape index (κ3) is 6.36. The molecule has 40 valence electrons. The van der Waals surface area contributed by atoms with Crippen LogP contribution in [0.25, 0.3) is 0 Å². The third-order valence-corrected chi connectivity index (χ3v) is 5.07. The normalized spacial score (nSPS) is 8.00. The molecule has 7 heavy (non-hydrogen) atoms. The molecule has 0 atom stereocenters. The second-order valence-corrected chi connectivity index (χ2v) is 6.35. The summed E-state index contributed by atoms with van der Waals surface area (Å²) in [5.41, 5.74) is 0. The van der Waals surface area contributed by atoms with Crippen molar-refractivity contribution in [2.75, 3.05) is 0 Å². The van der Waals surface area contributed by atoms with Gasteiger partial charge in [0.25, 0.3) is 0 Å². The van der Waals surface area contributed by atoms with Crippen molar-refractivity contribution in [3.05, 3.63) is 25.3 Å². The second kappa shape index (κ2) is 6.36. The number of hydrogen-bond donors (Lipinski definition) is 0. The zero-order valence-corrected chi connectivity index (χ0v) is 8.37. The van der Waals surface area contributed by atoms with E-state index in [1.54, 1.807) is 0 Å². The molecule has 0 aliphatic carbocycles. The van der Waals surface area contributed by atoms with Crippen LogP contribution in [0.5, 0.6) is 0 Å². The molecule has 0 saturated carbocycles. The monoisotopic (exact) mass is 292 g/mol. The van der Waals surface area contributed by atoms with Crippen LogP contribution in [0, 0.1) is 0 Å². The summed E-state index contributed by atoms with van der Waals surface area (Å²) in [5.74, 6) is 0. The minimum atomic E-state index is -0.235. The van der Waals surface area contributed by atoms with Crippen LogP contribution in [0.15, 0.2) is 25.3 Å². The molecule has 1 heteroatoms. The molecule has 0 aromatic carbocycles. The minimum absolute atomic E-state index is 0.235. The average molecular weight is 292 g/mol. The van der Waals surface area contributed by atoms with Gasteiger partial charge in [0.15, 0.2) is 0 Å². The fraction of sp³-hybridized carbons (Fsp3) is 0.333. The molecule has 0 N–H and O–H groups in total. The van der Waals surface area contributed by atoms with E-state index >= 15 is 0 Å². The molecule has 0 amide bonds. The maximum absolute atomic E-state index is 3.65. The molecule has 0 spiro atoms. The van der Waals surface area contributed by atoms with E-state index in [0.29, 0.717) is 0 Å². The van der Waals surface area contributed by atoms with Crippen LogP contribution in [-0.2, 0) is 0 Å². The van der Waals surface area contributed by atoms with Gasteiger partial charge in [0.2, 0.25) is 0 Å². The summed E-state index contributed by atoms with van der Waals surface area (Å²) in [6.07, 6.45) is 4.04. The van der Waals surface area contributed by atoms with Crippen molar-refractivity contribution in [1.82, 2.24) is 0 Å². The molecule has 0 unspecified atom stereocenters. The van der Waals surface area contributed by atoms with E-state index in [1.165, 1.54) is 8.26 Å². The van der Waals surface area contributed by atoms with Crippen molar-refractivity contribution in [1.29, 1.82) is 0 Å². The van der Waals surface area contributed by atoms with Gasteiger partial charge in [-0.05, 0) is 0 Å². The van der Waals surface area contributed by atoms with Crippen LogP contribution in [-0.4, -0.2) is 23.2 Å². The summed E-state index contributed by atoms with van der Waals surface area (Å²) < 4.78 is 2.62. The Bertz CT molecular complexity index is 49.2. The van der Waals surface area contributed by atoms with E-state index in [0.717, 1.165) is 0 Å². The van der Waals surface area contributed by atoms with Gasteiger partial charge in [-0.3, -0.25) is 0 Å². The van der Waals surface area contributed by atoms with Crippen molar-refractivity contribution in [3.63, 3.8) is 0 Å². The molecular formula is C6H11Bi. The Kier molecular flexibility index (Phi) is 6.69. The molecule has 0 heterocycles. The number of rotatable bonds is 4. The van der Waals surface area contributed by atoms with Crippen LogP contribution < -0.4 is 0 Å². The third-order valence-electron chi connectivity index (χ3n) is 0.577. The Hall–Kier alpha value is 0.363. The maximum atomic E-state index is 3.65.